The third kappa shape index (κ3) is 5.16. The smallest absolute Gasteiger partial charge is 0.320 e. The van der Waals surface area contributed by atoms with Gasteiger partial charge in [-0.1, -0.05) is 24.3 Å². The molecular formula is C22H23F3N4O2. The molecular weight excluding hydrogens is 409 g/mol. The lowest BCUT2D eigenvalue weighted by Gasteiger charge is -2.31. The van der Waals surface area contributed by atoms with Crippen molar-refractivity contribution in [2.24, 2.45) is 5.92 Å². The van der Waals surface area contributed by atoms with Gasteiger partial charge in [0.1, 0.15) is 17.3 Å². The third-order valence-corrected chi connectivity index (χ3v) is 5.34. The Morgan fingerprint density at radius 1 is 1.10 bits per heavy atom. The first-order chi connectivity index (χ1) is 15.0. The standard InChI is InChI=1S/C22H23F3N4O2/c23-18-6-1-2-7-19(18)29-22(26-21(27-29)20(24)25)31-14-15-8-10-28(11-9-15)13-16-4-3-5-17(30)12-16/h1-7,12,15,20,30H,8-11,13-14H2. The van der Waals surface area contributed by atoms with Gasteiger partial charge < -0.3 is 9.84 Å². The topological polar surface area (TPSA) is 63.4 Å². The molecule has 1 aliphatic rings. The summed E-state index contributed by atoms with van der Waals surface area (Å²) in [5.41, 5.74) is 1.06. The normalized spacial score (nSPS) is 15.5. The van der Waals surface area contributed by atoms with Gasteiger partial charge in [0, 0.05) is 6.54 Å². The second-order valence-corrected chi connectivity index (χ2v) is 7.62. The number of phenols is 1. The summed E-state index contributed by atoms with van der Waals surface area (Å²) in [6, 6.07) is 12.8. The van der Waals surface area contributed by atoms with Crippen molar-refractivity contribution in [1.29, 1.82) is 0 Å². The molecule has 1 saturated heterocycles. The zero-order chi connectivity index (χ0) is 21.8. The van der Waals surface area contributed by atoms with Crippen LogP contribution in [0.15, 0.2) is 48.5 Å². The van der Waals surface area contributed by atoms with E-state index in [9.17, 15) is 18.3 Å². The monoisotopic (exact) mass is 432 g/mol. The lowest BCUT2D eigenvalue weighted by molar-refractivity contribution is 0.129. The van der Waals surface area contributed by atoms with Crippen LogP contribution in [0.2, 0.25) is 0 Å². The van der Waals surface area contributed by atoms with Gasteiger partial charge in [0.25, 0.3) is 6.43 Å². The van der Waals surface area contributed by atoms with Gasteiger partial charge in [-0.25, -0.2) is 13.2 Å². The van der Waals surface area contributed by atoms with Crippen LogP contribution in [-0.2, 0) is 6.54 Å². The minimum atomic E-state index is -2.88. The summed E-state index contributed by atoms with van der Waals surface area (Å²) < 4.78 is 47.1. The fourth-order valence-corrected chi connectivity index (χ4v) is 3.70. The first kappa shape index (κ1) is 21.2. The summed E-state index contributed by atoms with van der Waals surface area (Å²) in [4.78, 5) is 6.06. The Kier molecular flexibility index (Phi) is 6.41. The minimum Gasteiger partial charge on any atom is -0.508 e. The summed E-state index contributed by atoms with van der Waals surface area (Å²) in [6.07, 6.45) is -1.14. The Balaban J connectivity index is 1.37. The molecule has 2 aromatic carbocycles. The number of nitrogens with zero attached hydrogens (tertiary/aromatic N) is 4. The number of hydrogen-bond donors (Lipinski definition) is 1. The van der Waals surface area contributed by atoms with Gasteiger partial charge in [-0.3, -0.25) is 4.90 Å². The Morgan fingerprint density at radius 3 is 2.58 bits per heavy atom. The van der Waals surface area contributed by atoms with Crippen LogP contribution in [0, 0.1) is 11.7 Å². The second kappa shape index (κ2) is 9.38. The van der Waals surface area contributed by atoms with Gasteiger partial charge in [0.2, 0.25) is 5.82 Å². The highest BCUT2D eigenvalue weighted by Gasteiger charge is 2.24. The van der Waals surface area contributed by atoms with E-state index in [1.807, 2.05) is 12.1 Å². The molecule has 4 rings (SSSR count). The number of para-hydroxylation sites is 1. The van der Waals surface area contributed by atoms with E-state index in [0.29, 0.717) is 0 Å². The highest BCUT2D eigenvalue weighted by atomic mass is 19.3. The molecule has 31 heavy (non-hydrogen) atoms. The van der Waals surface area contributed by atoms with E-state index in [1.54, 1.807) is 18.2 Å². The molecule has 0 amide bonds. The zero-order valence-corrected chi connectivity index (χ0v) is 16.8. The number of aromatic nitrogens is 3. The molecule has 0 radical (unpaired) electrons. The second-order valence-electron chi connectivity index (χ2n) is 7.62. The molecule has 0 spiro atoms. The van der Waals surface area contributed by atoms with Crippen molar-refractivity contribution in [2.75, 3.05) is 19.7 Å². The van der Waals surface area contributed by atoms with Crippen molar-refractivity contribution in [3.8, 4) is 17.4 Å². The van der Waals surface area contributed by atoms with Gasteiger partial charge >= 0.3 is 6.01 Å². The highest BCUT2D eigenvalue weighted by molar-refractivity contribution is 5.34. The van der Waals surface area contributed by atoms with Crippen LogP contribution >= 0.6 is 0 Å². The SMILES string of the molecule is Oc1cccc(CN2CCC(COc3nc(C(F)F)nn3-c3ccccc3F)CC2)c1. The van der Waals surface area contributed by atoms with Crippen LogP contribution in [0.4, 0.5) is 13.2 Å². The maximum absolute atomic E-state index is 14.2. The quantitative estimate of drug-likeness (QED) is 0.602. The summed E-state index contributed by atoms with van der Waals surface area (Å²) in [5.74, 6) is -0.818. The van der Waals surface area contributed by atoms with Crippen molar-refractivity contribution >= 4 is 0 Å². The average molecular weight is 432 g/mol. The maximum Gasteiger partial charge on any atom is 0.320 e. The molecule has 0 aliphatic carbocycles. The third-order valence-electron chi connectivity index (χ3n) is 5.34. The summed E-state index contributed by atoms with van der Waals surface area (Å²) >= 11 is 0. The summed E-state index contributed by atoms with van der Waals surface area (Å²) in [5, 5.41) is 13.3. The first-order valence-electron chi connectivity index (χ1n) is 10.1. The average Bonchev–Trinajstić information content (AvgIpc) is 3.18. The molecule has 3 aromatic rings. The maximum atomic E-state index is 14.2. The Morgan fingerprint density at radius 2 is 1.87 bits per heavy atom. The fourth-order valence-electron chi connectivity index (χ4n) is 3.70. The molecule has 1 aromatic heterocycles. The molecule has 0 saturated carbocycles. The van der Waals surface area contributed by atoms with Gasteiger partial charge in [-0.15, -0.1) is 5.10 Å². The van der Waals surface area contributed by atoms with E-state index in [-0.39, 0.29) is 30.0 Å². The number of likely N-dealkylation sites (tertiary alicyclic amines) is 1. The van der Waals surface area contributed by atoms with E-state index in [4.69, 9.17) is 4.74 Å². The van der Waals surface area contributed by atoms with E-state index >= 15 is 0 Å². The van der Waals surface area contributed by atoms with Gasteiger partial charge in [0.15, 0.2) is 0 Å². The molecule has 0 atom stereocenters. The van der Waals surface area contributed by atoms with Crippen molar-refractivity contribution in [3.63, 3.8) is 0 Å². The first-order valence-corrected chi connectivity index (χ1v) is 10.1. The number of ether oxygens (including phenoxy) is 1. The van der Waals surface area contributed by atoms with E-state index in [1.165, 1.54) is 18.2 Å². The molecule has 164 valence electrons. The van der Waals surface area contributed by atoms with Gasteiger partial charge in [0.05, 0.1) is 6.61 Å². The zero-order valence-electron chi connectivity index (χ0n) is 16.8. The van der Waals surface area contributed by atoms with Crippen LogP contribution in [0.25, 0.3) is 5.69 Å². The number of aromatic hydroxyl groups is 1. The Labute approximate surface area is 177 Å². The Bertz CT molecular complexity index is 1020. The molecule has 0 unspecified atom stereocenters. The van der Waals surface area contributed by atoms with Crippen LogP contribution in [0.1, 0.15) is 30.7 Å². The molecule has 9 heteroatoms. The summed E-state index contributed by atoms with van der Waals surface area (Å²) in [7, 11) is 0. The Hall–Kier alpha value is -3.07. The van der Waals surface area contributed by atoms with Gasteiger partial charge in [-0.2, -0.15) is 9.67 Å². The predicted octanol–water partition coefficient (Wildman–Crippen LogP) is 4.34. The number of benzene rings is 2. The highest BCUT2D eigenvalue weighted by Crippen LogP contribution is 2.25. The van der Waals surface area contributed by atoms with Crippen LogP contribution in [0.3, 0.4) is 0 Å². The number of halogens is 3. The van der Waals surface area contributed by atoms with Crippen LogP contribution in [-0.4, -0.2) is 44.5 Å². The van der Waals surface area contributed by atoms with Crippen LogP contribution in [0.5, 0.6) is 11.8 Å². The number of alkyl halides is 2. The van der Waals surface area contributed by atoms with Crippen molar-refractivity contribution in [2.45, 2.75) is 25.8 Å². The molecule has 1 N–H and O–H groups in total. The number of hydrogen-bond acceptors (Lipinski definition) is 5. The predicted molar refractivity (Wildman–Crippen MR) is 108 cm³/mol. The molecule has 2 heterocycles. The van der Waals surface area contributed by atoms with Crippen molar-refractivity contribution in [3.05, 3.63) is 65.7 Å². The van der Waals surface area contributed by atoms with Gasteiger partial charge in [-0.05, 0) is 61.7 Å². The molecule has 6 nitrogen and oxygen atoms in total. The largest absolute Gasteiger partial charge is 0.508 e. The van der Waals surface area contributed by atoms with E-state index in [2.05, 4.69) is 15.0 Å². The fraction of sp³-hybridized carbons (Fsp3) is 0.364. The molecule has 1 fully saturated rings. The number of piperidine rings is 1. The molecule has 0 bridgehead atoms. The van der Waals surface area contributed by atoms with E-state index < -0.39 is 18.1 Å². The lowest BCUT2D eigenvalue weighted by Crippen LogP contribution is -2.35. The number of phenolic OH excluding ortho intramolecular Hbond substituents is 1. The van der Waals surface area contributed by atoms with E-state index in [0.717, 1.165) is 42.7 Å². The van der Waals surface area contributed by atoms with Crippen molar-refractivity contribution in [1.82, 2.24) is 19.7 Å². The number of rotatable bonds is 7. The van der Waals surface area contributed by atoms with Crippen LogP contribution < -0.4 is 4.74 Å². The summed E-state index contributed by atoms with van der Waals surface area (Å²) in [6.45, 7) is 2.75. The lowest BCUT2D eigenvalue weighted by atomic mass is 9.97. The van der Waals surface area contributed by atoms with Crippen molar-refractivity contribution < 1.29 is 23.0 Å². The minimum absolute atomic E-state index is 0.0119. The molecule has 1 aliphatic heterocycles.